The lowest BCUT2D eigenvalue weighted by molar-refractivity contribution is 0.0644. The number of amides is 1. The van der Waals surface area contributed by atoms with E-state index in [2.05, 4.69) is 12.2 Å². The molecule has 4 heteroatoms. The van der Waals surface area contributed by atoms with Gasteiger partial charge in [0.1, 0.15) is 0 Å². The Labute approximate surface area is 111 Å². The Morgan fingerprint density at radius 3 is 2.44 bits per heavy atom. The maximum atomic E-state index is 11.8. The summed E-state index contributed by atoms with van der Waals surface area (Å²) in [6.07, 6.45) is 5.42. The van der Waals surface area contributed by atoms with Crippen molar-refractivity contribution in [2.24, 2.45) is 0 Å². The van der Waals surface area contributed by atoms with Crippen LogP contribution in [0.4, 0.5) is 4.79 Å². The van der Waals surface area contributed by atoms with Crippen LogP contribution in [0.3, 0.4) is 0 Å². The molecule has 0 saturated heterocycles. The average molecular weight is 256 g/mol. The Morgan fingerprint density at radius 2 is 1.94 bits per heavy atom. The highest BCUT2D eigenvalue weighted by atomic mass is 16.6. The van der Waals surface area contributed by atoms with Gasteiger partial charge in [-0.3, -0.25) is 0 Å². The lowest BCUT2D eigenvalue weighted by atomic mass is 9.90. The fourth-order valence-electron chi connectivity index (χ4n) is 2.45. The molecule has 1 saturated carbocycles. The predicted octanol–water partition coefficient (Wildman–Crippen LogP) is 2.77. The third kappa shape index (κ3) is 4.84. The summed E-state index contributed by atoms with van der Waals surface area (Å²) >= 11 is 0. The molecule has 106 valence electrons. The molecule has 1 N–H and O–H groups in total. The zero-order chi connectivity index (χ0) is 13.5. The number of rotatable bonds is 5. The molecular weight excluding hydrogens is 228 g/mol. The van der Waals surface area contributed by atoms with Gasteiger partial charge in [0.2, 0.25) is 0 Å². The maximum absolute atomic E-state index is 11.8. The minimum Gasteiger partial charge on any atom is -0.447 e. The molecule has 0 atom stereocenters. The number of carbonyl (C=O) groups excluding carboxylic acids is 1. The van der Waals surface area contributed by atoms with E-state index in [0.717, 1.165) is 32.2 Å². The average Bonchev–Trinajstić information content (AvgIpc) is 2.35. The molecule has 1 aliphatic rings. The zero-order valence-corrected chi connectivity index (χ0v) is 12.2. The summed E-state index contributed by atoms with van der Waals surface area (Å²) in [4.78, 5) is 13.6. The monoisotopic (exact) mass is 256 g/mol. The van der Waals surface area contributed by atoms with E-state index in [1.807, 2.05) is 20.9 Å². The van der Waals surface area contributed by atoms with Gasteiger partial charge in [0.25, 0.3) is 0 Å². The molecule has 0 unspecified atom stereocenters. The van der Waals surface area contributed by atoms with E-state index in [0.29, 0.717) is 12.1 Å². The first-order valence-electron chi connectivity index (χ1n) is 7.21. The fraction of sp³-hybridized carbons (Fsp3) is 0.929. The third-order valence-electron chi connectivity index (χ3n) is 3.55. The van der Waals surface area contributed by atoms with Crippen LogP contribution in [0.25, 0.3) is 0 Å². The minimum atomic E-state index is -0.185. The highest BCUT2D eigenvalue weighted by molar-refractivity contribution is 5.67. The summed E-state index contributed by atoms with van der Waals surface area (Å²) in [5.41, 5.74) is 0. The van der Waals surface area contributed by atoms with Gasteiger partial charge >= 0.3 is 6.09 Å². The van der Waals surface area contributed by atoms with E-state index < -0.39 is 0 Å². The summed E-state index contributed by atoms with van der Waals surface area (Å²) in [6, 6.07) is 0.978. The zero-order valence-electron chi connectivity index (χ0n) is 12.2. The van der Waals surface area contributed by atoms with Gasteiger partial charge in [0.05, 0.1) is 6.10 Å². The molecule has 0 aliphatic heterocycles. The molecule has 1 fully saturated rings. The van der Waals surface area contributed by atoms with Crippen LogP contribution in [0, 0.1) is 0 Å². The molecular formula is C14H28N2O2. The molecule has 18 heavy (non-hydrogen) atoms. The second-order valence-corrected chi connectivity index (χ2v) is 5.50. The number of nitrogens with one attached hydrogen (secondary N) is 1. The van der Waals surface area contributed by atoms with E-state index >= 15 is 0 Å². The quantitative estimate of drug-likeness (QED) is 0.822. The van der Waals surface area contributed by atoms with Crippen LogP contribution >= 0.6 is 0 Å². The molecule has 4 nitrogen and oxygen atoms in total. The first-order chi connectivity index (χ1) is 8.54. The van der Waals surface area contributed by atoms with Gasteiger partial charge in [-0.05, 0) is 52.5 Å². The first-order valence-corrected chi connectivity index (χ1v) is 7.21. The predicted molar refractivity (Wildman–Crippen MR) is 73.7 cm³/mol. The second-order valence-electron chi connectivity index (χ2n) is 5.50. The lowest BCUT2D eigenvalue weighted by Crippen LogP contribution is -2.44. The van der Waals surface area contributed by atoms with Crippen LogP contribution in [0.1, 0.15) is 52.9 Å². The van der Waals surface area contributed by atoms with Crippen LogP contribution in [0.2, 0.25) is 0 Å². The van der Waals surface area contributed by atoms with Gasteiger partial charge in [-0.2, -0.15) is 0 Å². The molecule has 0 radical (unpaired) electrons. The van der Waals surface area contributed by atoms with Gasteiger partial charge in [-0.25, -0.2) is 4.79 Å². The molecule has 0 aromatic heterocycles. The number of ether oxygens (including phenoxy) is 1. The first kappa shape index (κ1) is 15.3. The SMILES string of the molecule is CCCNC1CCC(N(C)C(=O)OC(C)C)CC1. The van der Waals surface area contributed by atoms with Gasteiger partial charge in [-0.15, -0.1) is 0 Å². The van der Waals surface area contributed by atoms with Gasteiger partial charge in [-0.1, -0.05) is 6.92 Å². The molecule has 1 amide bonds. The van der Waals surface area contributed by atoms with Crippen molar-refractivity contribution in [2.45, 2.75) is 71.1 Å². The Hall–Kier alpha value is -0.770. The topological polar surface area (TPSA) is 41.6 Å². The number of nitrogens with zero attached hydrogens (tertiary/aromatic N) is 1. The molecule has 1 aliphatic carbocycles. The van der Waals surface area contributed by atoms with Crippen molar-refractivity contribution in [2.75, 3.05) is 13.6 Å². The maximum Gasteiger partial charge on any atom is 0.410 e. The Morgan fingerprint density at radius 1 is 1.33 bits per heavy atom. The summed E-state index contributed by atoms with van der Waals surface area (Å²) < 4.78 is 5.23. The molecule has 0 aromatic carbocycles. The molecule has 0 heterocycles. The van der Waals surface area contributed by atoms with Crippen molar-refractivity contribution < 1.29 is 9.53 Å². The summed E-state index contributed by atoms with van der Waals surface area (Å²) in [6.45, 7) is 7.06. The normalized spacial score (nSPS) is 24.1. The molecule has 1 rings (SSSR count). The molecule has 0 bridgehead atoms. The molecule has 0 spiro atoms. The smallest absolute Gasteiger partial charge is 0.410 e. The van der Waals surface area contributed by atoms with E-state index in [1.54, 1.807) is 4.90 Å². The highest BCUT2D eigenvalue weighted by Crippen LogP contribution is 2.23. The van der Waals surface area contributed by atoms with Crippen molar-refractivity contribution >= 4 is 6.09 Å². The van der Waals surface area contributed by atoms with E-state index in [-0.39, 0.29) is 12.2 Å². The lowest BCUT2D eigenvalue weighted by Gasteiger charge is -2.34. The Bertz CT molecular complexity index is 248. The summed E-state index contributed by atoms with van der Waals surface area (Å²) in [7, 11) is 1.86. The fourth-order valence-corrected chi connectivity index (χ4v) is 2.45. The van der Waals surface area contributed by atoms with Gasteiger partial charge in [0, 0.05) is 19.1 Å². The third-order valence-corrected chi connectivity index (χ3v) is 3.55. The van der Waals surface area contributed by atoms with Crippen molar-refractivity contribution in [3.8, 4) is 0 Å². The highest BCUT2D eigenvalue weighted by Gasteiger charge is 2.27. The van der Waals surface area contributed by atoms with Gasteiger partial charge in [0.15, 0.2) is 0 Å². The van der Waals surface area contributed by atoms with E-state index in [1.165, 1.54) is 6.42 Å². The standard InChI is InChI=1S/C14H28N2O2/c1-5-10-15-12-6-8-13(9-7-12)16(4)14(17)18-11(2)3/h11-13,15H,5-10H2,1-4H3. The van der Waals surface area contributed by atoms with Crippen LogP contribution in [-0.4, -0.2) is 42.8 Å². The molecule has 0 aromatic rings. The number of hydrogen-bond acceptors (Lipinski definition) is 3. The van der Waals surface area contributed by atoms with Crippen molar-refractivity contribution in [1.29, 1.82) is 0 Å². The van der Waals surface area contributed by atoms with E-state index in [4.69, 9.17) is 4.74 Å². The Kier molecular flexibility index (Phi) is 6.47. The van der Waals surface area contributed by atoms with Crippen LogP contribution in [0.5, 0.6) is 0 Å². The van der Waals surface area contributed by atoms with Crippen molar-refractivity contribution in [3.63, 3.8) is 0 Å². The van der Waals surface area contributed by atoms with Crippen LogP contribution in [-0.2, 0) is 4.74 Å². The largest absolute Gasteiger partial charge is 0.447 e. The van der Waals surface area contributed by atoms with Crippen LogP contribution < -0.4 is 5.32 Å². The van der Waals surface area contributed by atoms with Crippen molar-refractivity contribution in [3.05, 3.63) is 0 Å². The van der Waals surface area contributed by atoms with Crippen LogP contribution in [0.15, 0.2) is 0 Å². The van der Waals surface area contributed by atoms with E-state index in [9.17, 15) is 4.79 Å². The number of carbonyl (C=O) groups is 1. The van der Waals surface area contributed by atoms with Gasteiger partial charge < -0.3 is 15.0 Å². The summed E-state index contributed by atoms with van der Waals surface area (Å²) in [5, 5.41) is 3.56. The second kappa shape index (κ2) is 7.62. The Balaban J connectivity index is 2.31. The number of hydrogen-bond donors (Lipinski definition) is 1. The minimum absolute atomic E-state index is 0.0393. The summed E-state index contributed by atoms with van der Waals surface area (Å²) in [5.74, 6) is 0. The van der Waals surface area contributed by atoms with Crippen molar-refractivity contribution in [1.82, 2.24) is 10.2 Å².